The van der Waals surface area contributed by atoms with Crippen molar-refractivity contribution in [3.63, 3.8) is 0 Å². The molecule has 0 aromatic heterocycles. The second kappa shape index (κ2) is 12.2. The quantitative estimate of drug-likeness (QED) is 0.178. The zero-order valence-corrected chi connectivity index (χ0v) is 37.6. The molecule has 6 saturated heterocycles. The first kappa shape index (κ1) is 42.0. The third kappa shape index (κ3) is 4.33. The SMILES string of the molecule is C=C1C(=O)[C@@]23[C@@H]4OC(C)(C)O[C@@]25OC[C@]2(C=CCC(C)(C)[C@H]2[C@@H]5O)[C@@H]3CC[C@@H]14.C=C1C(=O)[C@@]23[C@@H]4OC(C)(C)O[C@@]25OC[C@]2(C=C[C@H](O)C(C)(C)[C@H]2[C@@H]5O)[C@@H]3CC[C@@H]14.O=[Se]=O. The van der Waals surface area contributed by atoms with Gasteiger partial charge in [0.1, 0.15) is 23.0 Å². The van der Waals surface area contributed by atoms with E-state index in [1.807, 2.05) is 53.7 Å². The summed E-state index contributed by atoms with van der Waals surface area (Å²) in [5.74, 6) is -5.36. The second-order valence-electron chi connectivity index (χ2n) is 22.3. The molecule has 60 heavy (non-hydrogen) atoms. The predicted molar refractivity (Wildman–Crippen MR) is 210 cm³/mol. The number of fused-ring (bicyclic) bond motifs is 2. The van der Waals surface area contributed by atoms with Crippen LogP contribution in [0.1, 0.15) is 87.5 Å². The van der Waals surface area contributed by atoms with Crippen LogP contribution in [-0.4, -0.2) is 109 Å². The van der Waals surface area contributed by atoms with Gasteiger partial charge < -0.3 is 43.7 Å². The van der Waals surface area contributed by atoms with Crippen LogP contribution in [0.5, 0.6) is 0 Å². The van der Waals surface area contributed by atoms with Crippen LogP contribution in [0, 0.1) is 68.0 Å². The van der Waals surface area contributed by atoms with Crippen molar-refractivity contribution in [1.82, 2.24) is 0 Å². The first-order valence-electron chi connectivity index (χ1n) is 21.7. The molecule has 14 aliphatic rings. The van der Waals surface area contributed by atoms with Gasteiger partial charge in [-0.25, -0.2) is 0 Å². The maximum absolute atomic E-state index is 13.9. The summed E-state index contributed by atoms with van der Waals surface area (Å²) < 4.78 is 55.6. The van der Waals surface area contributed by atoms with Crippen LogP contribution < -0.4 is 0 Å². The maximum atomic E-state index is 13.9. The molecule has 14 heteroatoms. The summed E-state index contributed by atoms with van der Waals surface area (Å²) in [6.07, 6.45) is 9.27. The van der Waals surface area contributed by atoms with E-state index in [2.05, 4.69) is 39.2 Å². The van der Waals surface area contributed by atoms with Gasteiger partial charge in [-0.15, -0.1) is 0 Å². The predicted octanol–water partition coefficient (Wildman–Crippen LogP) is 4.31. The first-order chi connectivity index (χ1) is 27.9. The van der Waals surface area contributed by atoms with E-state index < -0.39 is 84.0 Å². The Morgan fingerprint density at radius 2 is 1.10 bits per heavy atom. The van der Waals surface area contributed by atoms with Crippen LogP contribution >= 0.6 is 0 Å². The van der Waals surface area contributed by atoms with E-state index in [1.54, 1.807) is 0 Å². The number of hydrogen-bond acceptors (Lipinski definition) is 13. The number of hydrogen-bond donors (Lipinski definition) is 3. The number of Topliss-reactive ketones (excluding diaryl/α,β-unsaturated/α-hetero) is 2. The number of aliphatic hydroxyl groups excluding tert-OH is 3. The van der Waals surface area contributed by atoms with Gasteiger partial charge in [-0.05, 0) is 88.2 Å². The van der Waals surface area contributed by atoms with Crippen molar-refractivity contribution in [2.45, 2.75) is 141 Å². The Morgan fingerprint density at radius 1 is 0.667 bits per heavy atom. The fraction of sp³-hybridized carbons (Fsp3) is 0.783. The van der Waals surface area contributed by atoms with Gasteiger partial charge in [0.25, 0.3) is 0 Å². The monoisotopic (exact) mass is 900 g/mol. The van der Waals surface area contributed by atoms with Gasteiger partial charge in [0, 0.05) is 39.9 Å². The number of aliphatic hydroxyl groups is 3. The van der Waals surface area contributed by atoms with Gasteiger partial charge in [-0.3, -0.25) is 9.59 Å². The van der Waals surface area contributed by atoms with E-state index >= 15 is 0 Å². The van der Waals surface area contributed by atoms with Crippen LogP contribution in [0.15, 0.2) is 48.6 Å². The summed E-state index contributed by atoms with van der Waals surface area (Å²) in [5.41, 5.74) is -2.53. The third-order valence-corrected chi connectivity index (χ3v) is 18.3. The van der Waals surface area contributed by atoms with Crippen molar-refractivity contribution in [1.29, 1.82) is 0 Å². The number of carbonyl (C=O) groups is 2. The number of rotatable bonds is 0. The molecular weight excluding hydrogens is 839 g/mol. The fourth-order valence-electron chi connectivity index (χ4n) is 16.7. The summed E-state index contributed by atoms with van der Waals surface area (Å²) in [5, 5.41) is 34.6. The van der Waals surface area contributed by atoms with Crippen LogP contribution in [0.25, 0.3) is 0 Å². The number of carbonyl (C=O) groups excluding carboxylic acids is 2. The van der Waals surface area contributed by atoms with Crippen LogP contribution in [0.3, 0.4) is 0 Å². The molecule has 6 aliphatic heterocycles. The molecule has 0 unspecified atom stereocenters. The molecule has 6 saturated carbocycles. The molecule has 6 heterocycles. The van der Waals surface area contributed by atoms with Crippen molar-refractivity contribution in [2.24, 2.45) is 68.0 Å². The van der Waals surface area contributed by atoms with Crippen molar-refractivity contribution >= 4 is 26.4 Å². The standard InChI is InChI=1S/C23H30O6.C23H30O5.O2Se/c1-11-12-6-7-13-21-9-8-14(24)19(2,3)15(21)17(26)23(27-10-21)22(13,16(11)25)18(12)28-20(4,5)29-23;1-12-13-7-8-14-21-10-6-9-19(2,3)15(21)17(25)23(26-11-21)22(14,16(12)24)18(13)27-20(4,5)28-23;1-3-2/h8-9,12-15,17-18,24,26H,1,6-7,10H2,2-5H3;6,10,13-15,17-18,25H,1,7-9,11H2,2-5H3;/t12-,13-,14-,15+,17-,18+,21+,22-,23+;13-,14-,15+,17-,18+,21+,22-,23+;/m00./s1. The van der Waals surface area contributed by atoms with Gasteiger partial charge in [0.15, 0.2) is 23.1 Å². The Hall–Kier alpha value is -1.94. The van der Waals surface area contributed by atoms with Crippen LogP contribution in [0.4, 0.5) is 0 Å². The minimum absolute atomic E-state index is 0.00569. The Morgan fingerprint density at radius 3 is 1.57 bits per heavy atom. The van der Waals surface area contributed by atoms with Gasteiger partial charge in [0.05, 0.1) is 31.5 Å². The zero-order valence-electron chi connectivity index (χ0n) is 35.9. The number of ketones is 2. The van der Waals surface area contributed by atoms with Gasteiger partial charge in [0.2, 0.25) is 11.6 Å². The summed E-state index contributed by atoms with van der Waals surface area (Å²) in [4.78, 5) is 27.7. The Balaban J connectivity index is 0.000000136. The molecule has 17 atom stereocenters. The molecule has 12 fully saturated rings. The summed E-state index contributed by atoms with van der Waals surface area (Å²) in [6, 6.07) is 0. The van der Waals surface area contributed by atoms with Crippen molar-refractivity contribution < 1.29 is 61.0 Å². The molecule has 14 rings (SSSR count). The normalized spacial score (nSPS) is 55.0. The van der Waals surface area contributed by atoms with E-state index in [1.165, 1.54) is 0 Å². The van der Waals surface area contributed by atoms with Crippen molar-refractivity contribution in [3.05, 3.63) is 48.6 Å². The van der Waals surface area contributed by atoms with Crippen LogP contribution in [0.2, 0.25) is 0 Å². The first-order valence-corrected chi connectivity index (χ1v) is 23.1. The fourth-order valence-corrected chi connectivity index (χ4v) is 16.7. The number of allylic oxidation sites excluding steroid dienone is 1. The molecule has 3 N–H and O–H groups in total. The van der Waals surface area contributed by atoms with E-state index in [0.717, 1.165) is 32.1 Å². The van der Waals surface area contributed by atoms with E-state index in [9.17, 15) is 24.9 Å². The van der Waals surface area contributed by atoms with Crippen molar-refractivity contribution in [2.75, 3.05) is 13.2 Å². The Kier molecular flexibility index (Phi) is 8.57. The second-order valence-corrected chi connectivity index (χ2v) is 22.6. The van der Waals surface area contributed by atoms with Gasteiger partial charge >= 0.3 is 22.5 Å². The molecule has 13 nitrogen and oxygen atoms in total. The average Bonchev–Trinajstić information content (AvgIpc) is 3.34. The number of ether oxygens (including phenoxy) is 6. The average molecular weight is 900 g/mol. The molecule has 328 valence electrons. The van der Waals surface area contributed by atoms with Crippen LogP contribution in [-0.2, 0) is 45.7 Å². The minimum atomic E-state index is -1.62. The summed E-state index contributed by atoms with van der Waals surface area (Å²) in [7, 11) is 0. The molecule has 0 amide bonds. The topological polar surface area (TPSA) is 184 Å². The van der Waals surface area contributed by atoms with Gasteiger partial charge in [-0.1, -0.05) is 65.2 Å². The van der Waals surface area contributed by atoms with E-state index in [-0.39, 0.29) is 64.0 Å². The molecule has 0 aromatic carbocycles. The molecule has 6 spiro atoms. The molecular formula is C46H60O13Se. The Bertz CT molecular complexity index is 2100. The molecule has 8 aliphatic carbocycles. The molecule has 0 radical (unpaired) electrons. The van der Waals surface area contributed by atoms with E-state index in [4.69, 9.17) is 36.1 Å². The summed E-state index contributed by atoms with van der Waals surface area (Å²) in [6.45, 7) is 24.9. The zero-order chi connectivity index (χ0) is 43.4. The third-order valence-electron chi connectivity index (χ3n) is 18.3. The molecule has 0 aromatic rings. The summed E-state index contributed by atoms with van der Waals surface area (Å²) >= 11 is -1.62. The van der Waals surface area contributed by atoms with Crippen molar-refractivity contribution in [3.8, 4) is 0 Å². The molecule has 8 bridgehead atoms. The Labute approximate surface area is 357 Å². The van der Waals surface area contributed by atoms with Gasteiger partial charge in [-0.2, -0.15) is 0 Å². The van der Waals surface area contributed by atoms with E-state index in [0.29, 0.717) is 24.4 Å².